The molecular weight excluding hydrogens is 609 g/mol. The van der Waals surface area contributed by atoms with Gasteiger partial charge in [-0.1, -0.05) is 127 Å². The Bertz CT molecular complexity index is 3370. The van der Waals surface area contributed by atoms with Gasteiger partial charge in [-0.15, -0.1) is 0 Å². The Morgan fingerprint density at radius 2 is 1.06 bits per heavy atom. The Hall–Kier alpha value is -6.78. The molecule has 4 nitrogen and oxygen atoms in total. The molecule has 0 aliphatic rings. The van der Waals surface area contributed by atoms with E-state index < -0.39 is 0 Å². The van der Waals surface area contributed by atoms with E-state index in [0.29, 0.717) is 0 Å². The van der Waals surface area contributed by atoms with E-state index in [1.807, 2.05) is 0 Å². The first kappa shape index (κ1) is 26.2. The van der Waals surface area contributed by atoms with Crippen LogP contribution in [0.15, 0.2) is 158 Å². The number of rotatable bonds is 2. The van der Waals surface area contributed by atoms with E-state index in [1.54, 1.807) is 0 Å². The van der Waals surface area contributed by atoms with Gasteiger partial charge in [0.1, 0.15) is 5.69 Å². The molecule has 4 heterocycles. The third kappa shape index (κ3) is 3.25. The number of aromatic nitrogens is 4. The fraction of sp³-hybridized carbons (Fsp3) is 0. The summed E-state index contributed by atoms with van der Waals surface area (Å²) < 4.78 is 4.90. The molecule has 12 rings (SSSR count). The molecule has 12 aromatic rings. The molecule has 4 heteroatoms. The summed E-state index contributed by atoms with van der Waals surface area (Å²) in [6.07, 6.45) is 0. The monoisotopic (exact) mass is 634 g/mol. The van der Waals surface area contributed by atoms with Crippen LogP contribution in [0, 0.1) is 0 Å². The van der Waals surface area contributed by atoms with Gasteiger partial charge in [0.05, 0.1) is 38.6 Å². The Labute approximate surface area is 285 Å². The lowest BCUT2D eigenvalue weighted by Gasteiger charge is -2.16. The van der Waals surface area contributed by atoms with Crippen LogP contribution in [0.1, 0.15) is 0 Å². The molecule has 0 spiro atoms. The average molecular weight is 635 g/mol. The molecule has 0 saturated carbocycles. The Balaban J connectivity index is 1.38. The van der Waals surface area contributed by atoms with Crippen LogP contribution < -0.4 is 0 Å². The van der Waals surface area contributed by atoms with E-state index in [2.05, 4.69) is 167 Å². The quantitative estimate of drug-likeness (QED) is 0.177. The third-order valence-electron chi connectivity index (χ3n) is 10.8. The number of nitrogens with zero attached hydrogens (tertiary/aromatic N) is 4. The molecule has 0 unspecified atom stereocenters. The van der Waals surface area contributed by atoms with Gasteiger partial charge in [0, 0.05) is 43.3 Å². The van der Waals surface area contributed by atoms with Gasteiger partial charge in [-0.2, -0.15) is 0 Å². The maximum Gasteiger partial charge on any atom is 0.165 e. The third-order valence-corrected chi connectivity index (χ3v) is 10.8. The van der Waals surface area contributed by atoms with E-state index in [-0.39, 0.29) is 0 Å². The molecule has 8 aromatic carbocycles. The Kier molecular flexibility index (Phi) is 4.94. The minimum atomic E-state index is 0.829. The summed E-state index contributed by atoms with van der Waals surface area (Å²) in [7, 11) is 0. The van der Waals surface area contributed by atoms with E-state index in [1.165, 1.54) is 59.6 Å². The van der Waals surface area contributed by atoms with Gasteiger partial charge in [0.2, 0.25) is 0 Å². The van der Waals surface area contributed by atoms with Gasteiger partial charge in [-0.25, -0.2) is 9.97 Å². The predicted octanol–water partition coefficient (Wildman–Crippen LogP) is 11.9. The van der Waals surface area contributed by atoms with Gasteiger partial charge in [0.15, 0.2) is 5.82 Å². The molecule has 230 valence electrons. The molecule has 50 heavy (non-hydrogen) atoms. The molecular formula is C46H26N4. The Morgan fingerprint density at radius 1 is 0.400 bits per heavy atom. The van der Waals surface area contributed by atoms with Crippen LogP contribution >= 0.6 is 0 Å². The van der Waals surface area contributed by atoms with Crippen molar-refractivity contribution >= 4 is 92.5 Å². The second-order valence-corrected chi connectivity index (χ2v) is 13.3. The highest BCUT2D eigenvalue weighted by molar-refractivity contribution is 6.35. The van der Waals surface area contributed by atoms with Crippen molar-refractivity contribution in [2.24, 2.45) is 0 Å². The molecule has 0 N–H and O–H groups in total. The number of benzene rings is 8. The summed E-state index contributed by atoms with van der Waals surface area (Å²) in [5.74, 6) is 0.829. The second kappa shape index (κ2) is 9.43. The fourth-order valence-corrected chi connectivity index (χ4v) is 8.74. The van der Waals surface area contributed by atoms with Gasteiger partial charge in [0.25, 0.3) is 0 Å². The highest BCUT2D eigenvalue weighted by Crippen LogP contribution is 2.47. The number of para-hydroxylation sites is 2. The van der Waals surface area contributed by atoms with Crippen LogP contribution in [-0.2, 0) is 0 Å². The summed E-state index contributed by atoms with van der Waals surface area (Å²) in [6, 6.07) is 56.8. The van der Waals surface area contributed by atoms with Gasteiger partial charge in [-0.05, 0) is 46.5 Å². The fourth-order valence-electron chi connectivity index (χ4n) is 8.74. The topological polar surface area (TPSA) is 35.1 Å². The molecule has 0 bridgehead atoms. The van der Waals surface area contributed by atoms with E-state index in [9.17, 15) is 0 Å². The van der Waals surface area contributed by atoms with Crippen molar-refractivity contribution in [3.8, 4) is 17.1 Å². The predicted molar refractivity (Wildman–Crippen MR) is 209 cm³/mol. The minimum absolute atomic E-state index is 0.829. The summed E-state index contributed by atoms with van der Waals surface area (Å²) in [5.41, 5.74) is 9.59. The maximum atomic E-state index is 5.57. The summed E-state index contributed by atoms with van der Waals surface area (Å²) in [5, 5.41) is 12.1. The molecule has 0 atom stereocenters. The zero-order valence-electron chi connectivity index (χ0n) is 26.8. The number of hydrogen-bond donors (Lipinski definition) is 0. The summed E-state index contributed by atoms with van der Waals surface area (Å²) >= 11 is 0. The zero-order chi connectivity index (χ0) is 32.5. The zero-order valence-corrected chi connectivity index (χ0v) is 26.8. The normalized spacial score (nSPS) is 12.4. The highest BCUT2D eigenvalue weighted by Gasteiger charge is 2.26. The molecule has 0 amide bonds. The standard InChI is InChI=1S/C46H26N4/c1-2-13-28(14-3-1)42-46(47-36-25-24-27-12-4-6-16-30(27)43(36)48-42)50-39-23-11-22-38-41(39)40-35(26-29-15-5-7-17-31(29)45(40)50)34-20-10-19-33-32-18-8-9-21-37(32)49(38)44(33)34/h1-26H. The first-order chi connectivity index (χ1) is 24.8. The van der Waals surface area contributed by atoms with E-state index >= 15 is 0 Å². The lowest BCUT2D eigenvalue weighted by Crippen LogP contribution is -2.04. The van der Waals surface area contributed by atoms with Crippen LogP contribution in [0.4, 0.5) is 0 Å². The van der Waals surface area contributed by atoms with E-state index in [4.69, 9.17) is 9.97 Å². The van der Waals surface area contributed by atoms with Crippen molar-refractivity contribution in [2.45, 2.75) is 0 Å². The molecule has 0 saturated heterocycles. The van der Waals surface area contributed by atoms with Crippen LogP contribution in [-0.4, -0.2) is 18.9 Å². The molecule has 0 aliphatic carbocycles. The Morgan fingerprint density at radius 3 is 1.94 bits per heavy atom. The van der Waals surface area contributed by atoms with Crippen LogP contribution in [0.3, 0.4) is 0 Å². The smallest absolute Gasteiger partial charge is 0.165 e. The summed E-state index contributed by atoms with van der Waals surface area (Å²) in [6.45, 7) is 0. The lowest BCUT2D eigenvalue weighted by atomic mass is 9.99. The van der Waals surface area contributed by atoms with Gasteiger partial charge < -0.3 is 4.40 Å². The van der Waals surface area contributed by atoms with Crippen LogP contribution in [0.25, 0.3) is 110 Å². The number of fused-ring (bicyclic) bond motifs is 10. The summed E-state index contributed by atoms with van der Waals surface area (Å²) in [4.78, 5) is 11.1. The molecule has 0 fully saturated rings. The number of hydrogen-bond acceptors (Lipinski definition) is 2. The molecule has 4 aromatic heterocycles. The highest BCUT2D eigenvalue weighted by atomic mass is 15.1. The van der Waals surface area contributed by atoms with Crippen molar-refractivity contribution in [2.75, 3.05) is 0 Å². The first-order valence-corrected chi connectivity index (χ1v) is 17.1. The SMILES string of the molecule is c1ccc(-c2nc3c(ccc4ccccc43)nc2-n2c3cccc4c3c3c(cc5ccccc5c32)c2cccc3c5ccccc5n4c23)cc1. The van der Waals surface area contributed by atoms with Crippen molar-refractivity contribution in [3.05, 3.63) is 158 Å². The molecule has 0 aliphatic heterocycles. The van der Waals surface area contributed by atoms with Crippen molar-refractivity contribution < 1.29 is 0 Å². The van der Waals surface area contributed by atoms with Crippen LogP contribution in [0.5, 0.6) is 0 Å². The van der Waals surface area contributed by atoms with Gasteiger partial charge in [-0.3, -0.25) is 4.57 Å². The van der Waals surface area contributed by atoms with Crippen molar-refractivity contribution in [1.82, 2.24) is 18.9 Å². The molecule has 0 radical (unpaired) electrons. The van der Waals surface area contributed by atoms with Crippen molar-refractivity contribution in [3.63, 3.8) is 0 Å². The van der Waals surface area contributed by atoms with Gasteiger partial charge >= 0.3 is 0 Å². The van der Waals surface area contributed by atoms with Crippen LogP contribution in [0.2, 0.25) is 0 Å². The second-order valence-electron chi connectivity index (χ2n) is 13.3. The maximum absolute atomic E-state index is 5.57. The van der Waals surface area contributed by atoms with E-state index in [0.717, 1.165) is 49.9 Å². The largest absolute Gasteiger partial charge is 0.308 e. The van der Waals surface area contributed by atoms with Crippen molar-refractivity contribution in [1.29, 1.82) is 0 Å². The lowest BCUT2D eigenvalue weighted by molar-refractivity contribution is 1.08. The average Bonchev–Trinajstić information content (AvgIpc) is 3.67. The minimum Gasteiger partial charge on any atom is -0.308 e. The first-order valence-electron chi connectivity index (χ1n) is 17.1.